The number of aromatic amines is 1. The molecule has 1 N–H and O–H groups in total. The molecular weight excluding hydrogens is 342 g/mol. The van der Waals surface area contributed by atoms with E-state index in [0.717, 1.165) is 0 Å². The summed E-state index contributed by atoms with van der Waals surface area (Å²) in [6.07, 6.45) is 0. The number of nitrogens with zero attached hydrogens (tertiary/aromatic N) is 2. The van der Waals surface area contributed by atoms with Gasteiger partial charge in [-0.15, -0.1) is 5.10 Å². The minimum Gasteiger partial charge on any atom is -0.461 e. The number of esters is 2. The third-order valence-electron chi connectivity index (χ3n) is 2.47. The van der Waals surface area contributed by atoms with Crippen LogP contribution in [-0.2, 0) is 9.53 Å². The first-order valence-electron chi connectivity index (χ1n) is 6.09. The summed E-state index contributed by atoms with van der Waals surface area (Å²) in [6, 6.07) is 4.91. The molecule has 0 atom stereocenters. The van der Waals surface area contributed by atoms with Gasteiger partial charge in [0.15, 0.2) is 5.69 Å². The lowest BCUT2D eigenvalue weighted by Gasteiger charge is -2.06. The fourth-order valence-electron chi connectivity index (χ4n) is 1.68. The van der Waals surface area contributed by atoms with Gasteiger partial charge in [-0.05, 0) is 25.1 Å². The van der Waals surface area contributed by atoms with Crippen molar-refractivity contribution in [3.8, 4) is 17.0 Å². The molecule has 0 unspecified atom stereocenters. The number of hydrogen-bond donors (Lipinski definition) is 1. The molecule has 0 aliphatic heterocycles. The molecule has 2 aromatic rings. The highest BCUT2D eigenvalue weighted by molar-refractivity contribution is 9.10. The van der Waals surface area contributed by atoms with Gasteiger partial charge in [0.1, 0.15) is 11.4 Å². The van der Waals surface area contributed by atoms with Crippen molar-refractivity contribution < 1.29 is 19.1 Å². The van der Waals surface area contributed by atoms with Crippen molar-refractivity contribution in [3.63, 3.8) is 0 Å². The van der Waals surface area contributed by atoms with E-state index in [-0.39, 0.29) is 12.3 Å². The van der Waals surface area contributed by atoms with Crippen molar-refractivity contribution in [3.05, 3.63) is 28.4 Å². The average Bonchev–Trinajstić information content (AvgIpc) is 2.90. The molecule has 0 spiro atoms. The monoisotopic (exact) mass is 353 g/mol. The van der Waals surface area contributed by atoms with Crippen LogP contribution in [0, 0.1) is 0 Å². The van der Waals surface area contributed by atoms with Crippen LogP contribution in [-0.4, -0.2) is 34.0 Å². The molecule has 0 aliphatic rings. The minimum atomic E-state index is -0.578. The maximum Gasteiger partial charge on any atom is 0.361 e. The molecule has 1 aromatic heterocycles. The first-order valence-corrected chi connectivity index (χ1v) is 6.88. The van der Waals surface area contributed by atoms with E-state index in [0.29, 0.717) is 21.5 Å². The fraction of sp³-hybridized carbons (Fsp3) is 0.231. The van der Waals surface area contributed by atoms with Crippen LogP contribution < -0.4 is 4.74 Å². The van der Waals surface area contributed by atoms with Crippen LogP contribution in [0.3, 0.4) is 0 Å². The van der Waals surface area contributed by atoms with Crippen LogP contribution >= 0.6 is 15.9 Å². The predicted octanol–water partition coefficient (Wildman–Crippen LogP) is 2.34. The van der Waals surface area contributed by atoms with E-state index in [9.17, 15) is 9.59 Å². The number of benzene rings is 1. The van der Waals surface area contributed by atoms with Gasteiger partial charge in [0.05, 0.1) is 6.61 Å². The standard InChI is InChI=1S/C13H12BrN3O4/c1-3-20-13(19)12-11(15-17-16-12)9-6-8(21-7(2)18)4-5-10(9)14/h4-6H,3H2,1-2H3,(H,15,16,17). The van der Waals surface area contributed by atoms with Crippen molar-refractivity contribution in [2.45, 2.75) is 13.8 Å². The molecule has 0 aliphatic carbocycles. The van der Waals surface area contributed by atoms with Gasteiger partial charge in [-0.1, -0.05) is 15.9 Å². The van der Waals surface area contributed by atoms with Gasteiger partial charge in [-0.3, -0.25) is 4.79 Å². The Bertz CT molecular complexity index is 684. The van der Waals surface area contributed by atoms with Crippen LogP contribution in [0.15, 0.2) is 22.7 Å². The summed E-state index contributed by atoms with van der Waals surface area (Å²) in [5.41, 5.74) is 0.942. The van der Waals surface area contributed by atoms with Gasteiger partial charge in [0.2, 0.25) is 0 Å². The molecule has 2 rings (SSSR count). The molecule has 7 nitrogen and oxygen atoms in total. The van der Waals surface area contributed by atoms with Crippen LogP contribution in [0.1, 0.15) is 24.3 Å². The Morgan fingerprint density at radius 1 is 1.33 bits per heavy atom. The van der Waals surface area contributed by atoms with Crippen molar-refractivity contribution in [2.75, 3.05) is 6.61 Å². The Kier molecular flexibility index (Phi) is 4.69. The Labute approximate surface area is 128 Å². The largest absolute Gasteiger partial charge is 0.461 e. The maximum absolute atomic E-state index is 11.8. The molecule has 8 heteroatoms. The number of carbonyl (C=O) groups excluding carboxylic acids is 2. The lowest BCUT2D eigenvalue weighted by Crippen LogP contribution is -2.07. The van der Waals surface area contributed by atoms with E-state index in [2.05, 4.69) is 31.3 Å². The molecule has 0 saturated carbocycles. The first-order chi connectivity index (χ1) is 10.0. The highest BCUT2D eigenvalue weighted by Crippen LogP contribution is 2.32. The second-order valence-electron chi connectivity index (χ2n) is 3.98. The molecule has 1 heterocycles. The number of hydrogen-bond acceptors (Lipinski definition) is 6. The van der Waals surface area contributed by atoms with Crippen molar-refractivity contribution in [1.82, 2.24) is 15.4 Å². The van der Waals surface area contributed by atoms with Gasteiger partial charge in [-0.2, -0.15) is 10.3 Å². The summed E-state index contributed by atoms with van der Waals surface area (Å²) < 4.78 is 10.6. The van der Waals surface area contributed by atoms with Gasteiger partial charge in [-0.25, -0.2) is 4.79 Å². The Balaban J connectivity index is 2.44. The third kappa shape index (κ3) is 3.46. The van der Waals surface area contributed by atoms with E-state index in [1.807, 2.05) is 0 Å². The van der Waals surface area contributed by atoms with E-state index < -0.39 is 11.9 Å². The molecule has 110 valence electrons. The zero-order valence-corrected chi connectivity index (χ0v) is 12.9. The van der Waals surface area contributed by atoms with Crippen LogP contribution in [0.4, 0.5) is 0 Å². The molecule has 0 amide bonds. The highest BCUT2D eigenvalue weighted by Gasteiger charge is 2.21. The van der Waals surface area contributed by atoms with Gasteiger partial charge >= 0.3 is 11.9 Å². The minimum absolute atomic E-state index is 0.0672. The number of H-pyrrole nitrogens is 1. The number of aromatic nitrogens is 3. The molecule has 0 bridgehead atoms. The molecule has 0 saturated heterocycles. The topological polar surface area (TPSA) is 94.2 Å². The lowest BCUT2D eigenvalue weighted by atomic mass is 10.1. The normalized spacial score (nSPS) is 10.2. The molecular formula is C13H12BrN3O4. The average molecular weight is 354 g/mol. The van der Waals surface area contributed by atoms with E-state index in [4.69, 9.17) is 9.47 Å². The summed E-state index contributed by atoms with van der Waals surface area (Å²) in [7, 11) is 0. The van der Waals surface area contributed by atoms with E-state index in [1.54, 1.807) is 25.1 Å². The Morgan fingerprint density at radius 2 is 2.10 bits per heavy atom. The summed E-state index contributed by atoms with van der Waals surface area (Å²) in [6.45, 7) is 3.25. The second-order valence-corrected chi connectivity index (χ2v) is 4.83. The van der Waals surface area contributed by atoms with Crippen LogP contribution in [0.2, 0.25) is 0 Å². The number of halogens is 1. The maximum atomic E-state index is 11.8. The van der Waals surface area contributed by atoms with Gasteiger partial charge < -0.3 is 9.47 Å². The third-order valence-corrected chi connectivity index (χ3v) is 3.16. The number of nitrogens with one attached hydrogen (secondary N) is 1. The molecule has 0 fully saturated rings. The van der Waals surface area contributed by atoms with Crippen LogP contribution in [0.5, 0.6) is 5.75 Å². The molecule has 21 heavy (non-hydrogen) atoms. The van der Waals surface area contributed by atoms with Gasteiger partial charge in [0, 0.05) is 17.0 Å². The summed E-state index contributed by atoms with van der Waals surface area (Å²) in [5.74, 6) is -0.668. The summed E-state index contributed by atoms with van der Waals surface area (Å²) in [5, 5.41) is 10.2. The number of carbonyl (C=O) groups is 2. The zero-order chi connectivity index (χ0) is 15.4. The van der Waals surface area contributed by atoms with Gasteiger partial charge in [0.25, 0.3) is 0 Å². The van der Waals surface area contributed by atoms with Crippen molar-refractivity contribution in [2.24, 2.45) is 0 Å². The number of rotatable bonds is 4. The smallest absolute Gasteiger partial charge is 0.361 e. The molecule has 1 aromatic carbocycles. The SMILES string of the molecule is CCOC(=O)c1n[nH]nc1-c1cc(OC(C)=O)ccc1Br. The summed E-state index contributed by atoms with van der Waals surface area (Å²) >= 11 is 3.37. The second kappa shape index (κ2) is 6.49. The number of ether oxygens (including phenoxy) is 2. The lowest BCUT2D eigenvalue weighted by molar-refractivity contribution is -0.131. The van der Waals surface area contributed by atoms with E-state index in [1.165, 1.54) is 6.92 Å². The van der Waals surface area contributed by atoms with Crippen molar-refractivity contribution in [1.29, 1.82) is 0 Å². The van der Waals surface area contributed by atoms with Crippen molar-refractivity contribution >= 4 is 27.9 Å². The van der Waals surface area contributed by atoms with E-state index >= 15 is 0 Å². The highest BCUT2D eigenvalue weighted by atomic mass is 79.9. The fourth-order valence-corrected chi connectivity index (χ4v) is 2.11. The Hall–Kier alpha value is -2.22. The first kappa shape index (κ1) is 15.2. The Morgan fingerprint density at radius 3 is 2.76 bits per heavy atom. The van der Waals surface area contributed by atoms with Crippen LogP contribution in [0.25, 0.3) is 11.3 Å². The predicted molar refractivity (Wildman–Crippen MR) is 76.8 cm³/mol. The summed E-state index contributed by atoms with van der Waals surface area (Å²) in [4.78, 5) is 22.8. The zero-order valence-electron chi connectivity index (χ0n) is 11.3. The quantitative estimate of drug-likeness (QED) is 0.669. The molecule has 0 radical (unpaired) electrons.